The average molecular weight is 261 g/mol. The monoisotopic (exact) mass is 260 g/mol. The Kier molecular flexibility index (Phi) is 2.42. The van der Waals surface area contributed by atoms with Gasteiger partial charge >= 0.3 is 0 Å². The lowest BCUT2D eigenvalue weighted by molar-refractivity contribution is 0.455. The van der Waals surface area contributed by atoms with Crippen LogP contribution in [0, 0.1) is 0 Å². The van der Waals surface area contributed by atoms with Crippen LogP contribution in [0.1, 0.15) is 30.5 Å². The molecule has 0 aliphatic heterocycles. The maximum absolute atomic E-state index is 6.26. The first-order valence-electron chi connectivity index (χ1n) is 6.85. The number of aromatic amines is 1. The number of nitrogens with one attached hydrogen (secondary N) is 2. The first-order valence-corrected chi connectivity index (χ1v) is 7.23. The van der Waals surface area contributed by atoms with E-state index in [1.54, 1.807) is 0 Å². The van der Waals surface area contributed by atoms with Gasteiger partial charge in [-0.3, -0.25) is 0 Å². The molecule has 2 nitrogen and oxygen atoms in total. The zero-order valence-corrected chi connectivity index (χ0v) is 11.1. The van der Waals surface area contributed by atoms with Gasteiger partial charge in [0.15, 0.2) is 0 Å². The molecule has 0 amide bonds. The van der Waals surface area contributed by atoms with Gasteiger partial charge < -0.3 is 10.3 Å². The lowest BCUT2D eigenvalue weighted by Gasteiger charge is -2.23. The number of aromatic nitrogens is 1. The van der Waals surface area contributed by atoms with E-state index in [4.69, 9.17) is 11.6 Å². The Hall–Kier alpha value is -0.990. The maximum atomic E-state index is 6.26. The number of halogens is 1. The Labute approximate surface area is 112 Å². The van der Waals surface area contributed by atoms with Crippen molar-refractivity contribution in [2.24, 2.45) is 0 Å². The Morgan fingerprint density at radius 1 is 1.17 bits per heavy atom. The Morgan fingerprint density at radius 3 is 2.89 bits per heavy atom. The molecule has 1 aromatic carbocycles. The third kappa shape index (κ3) is 1.75. The van der Waals surface area contributed by atoms with Crippen molar-refractivity contribution in [3.8, 4) is 0 Å². The molecule has 3 heteroatoms. The minimum absolute atomic E-state index is 0.656. The predicted octanol–water partition coefficient (Wildman–Crippen LogP) is 3.43. The van der Waals surface area contributed by atoms with Crippen LogP contribution in [0.2, 0.25) is 5.02 Å². The number of benzene rings is 1. The summed E-state index contributed by atoms with van der Waals surface area (Å²) >= 11 is 6.26. The summed E-state index contributed by atoms with van der Waals surface area (Å²) in [5, 5.41) is 5.92. The summed E-state index contributed by atoms with van der Waals surface area (Å²) in [7, 11) is 0. The highest BCUT2D eigenvalue weighted by Gasteiger charge is 2.28. The number of fused-ring (bicyclic) bond motifs is 3. The third-order valence-corrected chi connectivity index (χ3v) is 4.54. The normalized spacial score (nSPS) is 23.3. The van der Waals surface area contributed by atoms with Gasteiger partial charge in [-0.05, 0) is 43.7 Å². The Morgan fingerprint density at radius 2 is 2.06 bits per heavy atom. The number of rotatable bonds is 2. The molecule has 1 heterocycles. The van der Waals surface area contributed by atoms with Gasteiger partial charge in [-0.2, -0.15) is 0 Å². The van der Waals surface area contributed by atoms with Gasteiger partial charge in [0.1, 0.15) is 0 Å². The van der Waals surface area contributed by atoms with Crippen molar-refractivity contribution >= 4 is 22.5 Å². The zero-order valence-electron chi connectivity index (χ0n) is 10.3. The number of aryl methyl sites for hydroxylation is 1. The number of para-hydroxylation sites is 1. The molecule has 94 valence electrons. The van der Waals surface area contributed by atoms with Crippen LogP contribution in [0.25, 0.3) is 10.9 Å². The molecule has 1 aromatic heterocycles. The first kappa shape index (κ1) is 10.9. The molecule has 18 heavy (non-hydrogen) atoms. The number of hydrogen-bond acceptors (Lipinski definition) is 1. The van der Waals surface area contributed by atoms with E-state index in [1.807, 2.05) is 6.07 Å². The SMILES string of the molecule is Clc1cccc2c3c([nH]c12)CCC(NC1CC1)C3. The lowest BCUT2D eigenvalue weighted by Crippen LogP contribution is -2.35. The minimum Gasteiger partial charge on any atom is -0.357 e. The van der Waals surface area contributed by atoms with Crippen molar-refractivity contribution in [2.45, 2.75) is 44.2 Å². The van der Waals surface area contributed by atoms with Crippen molar-refractivity contribution in [3.05, 3.63) is 34.5 Å². The van der Waals surface area contributed by atoms with Crippen LogP contribution in [0.15, 0.2) is 18.2 Å². The molecular formula is C15H17ClN2. The number of H-pyrrole nitrogens is 1. The van der Waals surface area contributed by atoms with Crippen LogP contribution in [-0.2, 0) is 12.8 Å². The quantitative estimate of drug-likeness (QED) is 0.851. The van der Waals surface area contributed by atoms with E-state index in [0.717, 1.165) is 29.4 Å². The second-order valence-corrected chi connectivity index (χ2v) is 6.03. The summed E-state index contributed by atoms with van der Waals surface area (Å²) in [5.41, 5.74) is 4.00. The fourth-order valence-electron chi connectivity index (χ4n) is 3.13. The van der Waals surface area contributed by atoms with Gasteiger partial charge in [-0.1, -0.05) is 23.7 Å². The molecule has 2 aliphatic carbocycles. The van der Waals surface area contributed by atoms with Gasteiger partial charge in [0.2, 0.25) is 0 Å². The van der Waals surface area contributed by atoms with Crippen LogP contribution in [-0.4, -0.2) is 17.1 Å². The van der Waals surface area contributed by atoms with Crippen molar-refractivity contribution in [3.63, 3.8) is 0 Å². The largest absolute Gasteiger partial charge is 0.357 e. The van der Waals surface area contributed by atoms with E-state index in [2.05, 4.69) is 22.4 Å². The van der Waals surface area contributed by atoms with Crippen LogP contribution < -0.4 is 5.32 Å². The fourth-order valence-corrected chi connectivity index (χ4v) is 3.35. The molecule has 1 unspecified atom stereocenters. The summed E-state index contributed by atoms with van der Waals surface area (Å²) in [6.07, 6.45) is 6.26. The molecule has 1 atom stereocenters. The highest BCUT2D eigenvalue weighted by molar-refractivity contribution is 6.35. The summed E-state index contributed by atoms with van der Waals surface area (Å²) in [6.45, 7) is 0. The summed E-state index contributed by atoms with van der Waals surface area (Å²) in [5.74, 6) is 0. The van der Waals surface area contributed by atoms with Crippen molar-refractivity contribution in [2.75, 3.05) is 0 Å². The Bertz CT molecular complexity index is 598. The molecule has 1 saturated carbocycles. The van der Waals surface area contributed by atoms with Gasteiger partial charge in [0.05, 0.1) is 10.5 Å². The molecular weight excluding hydrogens is 244 g/mol. The maximum Gasteiger partial charge on any atom is 0.0648 e. The van der Waals surface area contributed by atoms with Gasteiger partial charge in [0, 0.05) is 23.2 Å². The lowest BCUT2D eigenvalue weighted by atomic mass is 9.91. The molecule has 0 saturated heterocycles. The standard InChI is InChI=1S/C15H17ClN2/c16-13-3-1-2-11-12-8-10(17-9-4-5-9)6-7-14(12)18-15(11)13/h1-3,9-10,17-18H,4-8H2. The van der Waals surface area contributed by atoms with E-state index in [-0.39, 0.29) is 0 Å². The first-order chi connectivity index (χ1) is 8.81. The molecule has 0 spiro atoms. The topological polar surface area (TPSA) is 27.8 Å². The van der Waals surface area contributed by atoms with E-state index in [0.29, 0.717) is 6.04 Å². The van der Waals surface area contributed by atoms with Crippen LogP contribution in [0.5, 0.6) is 0 Å². The second kappa shape index (κ2) is 4.01. The fraction of sp³-hybridized carbons (Fsp3) is 0.467. The zero-order chi connectivity index (χ0) is 12.1. The Balaban J connectivity index is 1.72. The van der Waals surface area contributed by atoms with Gasteiger partial charge in [-0.15, -0.1) is 0 Å². The molecule has 1 fully saturated rings. The van der Waals surface area contributed by atoms with E-state index in [9.17, 15) is 0 Å². The van der Waals surface area contributed by atoms with E-state index in [1.165, 1.54) is 35.9 Å². The van der Waals surface area contributed by atoms with Crippen molar-refractivity contribution in [1.82, 2.24) is 10.3 Å². The van der Waals surface area contributed by atoms with Gasteiger partial charge in [0.25, 0.3) is 0 Å². The summed E-state index contributed by atoms with van der Waals surface area (Å²) in [4.78, 5) is 3.51. The second-order valence-electron chi connectivity index (χ2n) is 5.63. The third-order valence-electron chi connectivity index (χ3n) is 4.22. The molecule has 0 bridgehead atoms. The predicted molar refractivity (Wildman–Crippen MR) is 75.3 cm³/mol. The number of hydrogen-bond donors (Lipinski definition) is 2. The van der Waals surface area contributed by atoms with Gasteiger partial charge in [-0.25, -0.2) is 0 Å². The molecule has 2 aliphatic rings. The van der Waals surface area contributed by atoms with Crippen LogP contribution >= 0.6 is 11.6 Å². The van der Waals surface area contributed by atoms with Crippen molar-refractivity contribution < 1.29 is 0 Å². The smallest absolute Gasteiger partial charge is 0.0648 e. The molecule has 2 N–H and O–H groups in total. The van der Waals surface area contributed by atoms with E-state index < -0.39 is 0 Å². The summed E-state index contributed by atoms with van der Waals surface area (Å²) in [6, 6.07) is 7.66. The highest BCUT2D eigenvalue weighted by Crippen LogP contribution is 2.33. The van der Waals surface area contributed by atoms with Crippen LogP contribution in [0.3, 0.4) is 0 Å². The van der Waals surface area contributed by atoms with Crippen molar-refractivity contribution in [1.29, 1.82) is 0 Å². The highest BCUT2D eigenvalue weighted by atomic mass is 35.5. The molecule has 0 radical (unpaired) electrons. The van der Waals surface area contributed by atoms with Crippen LogP contribution in [0.4, 0.5) is 0 Å². The minimum atomic E-state index is 0.656. The molecule has 2 aromatic rings. The average Bonchev–Trinajstić information content (AvgIpc) is 3.10. The molecule has 4 rings (SSSR count). The van der Waals surface area contributed by atoms with E-state index >= 15 is 0 Å². The summed E-state index contributed by atoms with van der Waals surface area (Å²) < 4.78 is 0.